The number of hydrogen-bond acceptors (Lipinski definition) is 5. The molecule has 0 saturated carbocycles. The van der Waals surface area contributed by atoms with Crippen molar-refractivity contribution in [2.75, 3.05) is 26.4 Å². The van der Waals surface area contributed by atoms with Gasteiger partial charge in [-0.2, -0.15) is 0 Å². The summed E-state index contributed by atoms with van der Waals surface area (Å²) in [4.78, 5) is 0. The van der Waals surface area contributed by atoms with Crippen molar-refractivity contribution in [1.82, 2.24) is 4.72 Å². The maximum atomic E-state index is 11.8. The van der Waals surface area contributed by atoms with E-state index in [2.05, 4.69) is 20.7 Å². The predicted molar refractivity (Wildman–Crippen MR) is 69.8 cm³/mol. The summed E-state index contributed by atoms with van der Waals surface area (Å²) in [6.45, 7) is 2.42. The number of thiophene rings is 1. The van der Waals surface area contributed by atoms with Gasteiger partial charge in [-0.25, -0.2) is 13.1 Å². The summed E-state index contributed by atoms with van der Waals surface area (Å²) in [7, 11) is -3.45. The lowest BCUT2D eigenvalue weighted by Gasteiger charge is -2.04. The summed E-state index contributed by atoms with van der Waals surface area (Å²) in [5.74, 6) is 0. The topological polar surface area (TPSA) is 75.6 Å². The Kier molecular flexibility index (Phi) is 6.04. The van der Waals surface area contributed by atoms with Gasteiger partial charge in [0.2, 0.25) is 10.0 Å². The summed E-state index contributed by atoms with van der Waals surface area (Å²) in [5, 5.41) is 8.47. The first-order valence-corrected chi connectivity index (χ1v) is 8.01. The van der Waals surface area contributed by atoms with Gasteiger partial charge in [0.05, 0.1) is 23.6 Å². The van der Waals surface area contributed by atoms with E-state index in [9.17, 15) is 8.42 Å². The third kappa shape index (κ3) is 4.65. The maximum Gasteiger partial charge on any atom is 0.250 e. The Bertz CT molecular complexity index is 438. The van der Waals surface area contributed by atoms with Crippen LogP contribution in [0.4, 0.5) is 0 Å². The molecule has 0 amide bonds. The van der Waals surface area contributed by atoms with Gasteiger partial charge in [-0.3, -0.25) is 0 Å². The van der Waals surface area contributed by atoms with Crippen LogP contribution in [0, 0.1) is 6.92 Å². The van der Waals surface area contributed by atoms with E-state index in [0.29, 0.717) is 0 Å². The number of hydrogen-bond donors (Lipinski definition) is 2. The van der Waals surface area contributed by atoms with Crippen LogP contribution in [0.2, 0.25) is 0 Å². The van der Waals surface area contributed by atoms with Gasteiger partial charge in [-0.1, -0.05) is 0 Å². The number of nitrogens with one attached hydrogen (secondary N) is 1. The van der Waals surface area contributed by atoms with Crippen LogP contribution < -0.4 is 4.72 Å². The molecule has 0 spiro atoms. The maximum absolute atomic E-state index is 11.8. The molecule has 8 heteroatoms. The smallest absolute Gasteiger partial charge is 0.250 e. The van der Waals surface area contributed by atoms with E-state index in [1.807, 2.05) is 6.92 Å². The highest BCUT2D eigenvalue weighted by molar-refractivity contribution is 9.11. The van der Waals surface area contributed by atoms with Crippen LogP contribution >= 0.6 is 27.3 Å². The van der Waals surface area contributed by atoms with E-state index >= 15 is 0 Å². The third-order valence-corrected chi connectivity index (χ3v) is 5.94. The minimum atomic E-state index is -3.45. The van der Waals surface area contributed by atoms with Crippen LogP contribution in [0.25, 0.3) is 0 Å². The first-order valence-electron chi connectivity index (χ1n) is 4.91. The molecule has 0 bridgehead atoms. The van der Waals surface area contributed by atoms with E-state index in [0.717, 1.165) is 9.35 Å². The number of rotatable bonds is 7. The zero-order valence-electron chi connectivity index (χ0n) is 9.27. The van der Waals surface area contributed by atoms with Crippen LogP contribution in [-0.2, 0) is 14.8 Å². The summed E-state index contributed by atoms with van der Waals surface area (Å²) < 4.78 is 32.1. The van der Waals surface area contributed by atoms with Crippen molar-refractivity contribution in [3.05, 3.63) is 15.4 Å². The molecule has 5 nitrogen and oxygen atoms in total. The number of aliphatic hydroxyl groups excluding tert-OH is 1. The molecule has 1 aromatic heterocycles. The van der Waals surface area contributed by atoms with E-state index in [-0.39, 0.29) is 30.6 Å². The van der Waals surface area contributed by atoms with E-state index in [1.54, 1.807) is 6.07 Å². The van der Waals surface area contributed by atoms with Crippen molar-refractivity contribution in [3.63, 3.8) is 0 Å². The van der Waals surface area contributed by atoms with Crippen molar-refractivity contribution >= 4 is 37.3 Å². The lowest BCUT2D eigenvalue weighted by Crippen LogP contribution is -2.27. The average molecular weight is 344 g/mol. The Morgan fingerprint density at radius 2 is 2.24 bits per heavy atom. The van der Waals surface area contributed by atoms with Gasteiger partial charge in [0.15, 0.2) is 0 Å². The second kappa shape index (κ2) is 6.81. The van der Waals surface area contributed by atoms with Gasteiger partial charge < -0.3 is 9.84 Å². The highest BCUT2D eigenvalue weighted by Crippen LogP contribution is 2.30. The monoisotopic (exact) mass is 343 g/mol. The van der Waals surface area contributed by atoms with E-state index in [1.165, 1.54) is 11.3 Å². The first kappa shape index (κ1) is 15.1. The fourth-order valence-corrected chi connectivity index (χ4v) is 4.33. The Balaban J connectivity index is 2.51. The molecule has 98 valence electrons. The van der Waals surface area contributed by atoms with Gasteiger partial charge in [0.25, 0.3) is 0 Å². The molecule has 0 aliphatic rings. The molecule has 1 heterocycles. The summed E-state index contributed by atoms with van der Waals surface area (Å²) in [5.41, 5.74) is 0.895. The zero-order valence-corrected chi connectivity index (χ0v) is 12.5. The van der Waals surface area contributed by atoms with Crippen LogP contribution in [0.1, 0.15) is 5.56 Å². The van der Waals surface area contributed by atoms with Crippen LogP contribution in [0.5, 0.6) is 0 Å². The van der Waals surface area contributed by atoms with Crippen LogP contribution in [-0.4, -0.2) is 39.9 Å². The molecule has 0 aliphatic carbocycles. The average Bonchev–Trinajstić information content (AvgIpc) is 2.60. The van der Waals surface area contributed by atoms with Gasteiger partial charge in [-0.05, 0) is 34.5 Å². The van der Waals surface area contributed by atoms with Crippen molar-refractivity contribution < 1.29 is 18.3 Å². The summed E-state index contributed by atoms with van der Waals surface area (Å²) >= 11 is 4.46. The van der Waals surface area contributed by atoms with Crippen LogP contribution in [0.3, 0.4) is 0 Å². The largest absolute Gasteiger partial charge is 0.394 e. The normalized spacial score (nSPS) is 11.9. The Hall–Kier alpha value is 0.01000. The second-order valence-corrected chi connectivity index (χ2v) is 7.62. The fraction of sp³-hybridized carbons (Fsp3) is 0.556. The Morgan fingerprint density at radius 1 is 1.53 bits per heavy atom. The highest BCUT2D eigenvalue weighted by atomic mass is 79.9. The first-order chi connectivity index (χ1) is 7.97. The molecule has 1 rings (SSSR count). The molecular weight excluding hydrogens is 330 g/mol. The van der Waals surface area contributed by atoms with E-state index < -0.39 is 10.0 Å². The molecule has 0 saturated heterocycles. The third-order valence-electron chi connectivity index (χ3n) is 1.87. The van der Waals surface area contributed by atoms with Gasteiger partial charge in [0, 0.05) is 6.54 Å². The number of aliphatic hydroxyl groups is 1. The van der Waals surface area contributed by atoms with Crippen LogP contribution in [0.15, 0.2) is 14.1 Å². The molecule has 2 N–H and O–H groups in total. The minimum absolute atomic E-state index is 0.0657. The molecule has 0 atom stereocenters. The van der Waals surface area contributed by atoms with Gasteiger partial charge >= 0.3 is 0 Å². The summed E-state index contributed by atoms with van der Waals surface area (Å²) in [6, 6.07) is 1.62. The van der Waals surface area contributed by atoms with Crippen molar-refractivity contribution in [2.24, 2.45) is 0 Å². The fourth-order valence-electron chi connectivity index (χ4n) is 1.05. The SMILES string of the molecule is Cc1cc(S(=O)(=O)NCCOCCO)sc1Br. The Morgan fingerprint density at radius 3 is 2.76 bits per heavy atom. The lowest BCUT2D eigenvalue weighted by atomic mass is 10.4. The predicted octanol–water partition coefficient (Wildman–Crippen LogP) is 1.11. The molecule has 1 aromatic rings. The molecule has 0 aliphatic heterocycles. The van der Waals surface area contributed by atoms with Gasteiger partial charge in [-0.15, -0.1) is 11.3 Å². The molecule has 0 unspecified atom stereocenters. The standard InChI is InChI=1S/C9H14BrNO4S2/c1-7-6-8(16-9(7)10)17(13,14)11-2-4-15-5-3-12/h6,11-12H,2-5H2,1H3. The Labute approximate surface area is 113 Å². The molecule has 0 fully saturated rings. The number of ether oxygens (including phenoxy) is 1. The molecular formula is C9H14BrNO4S2. The minimum Gasteiger partial charge on any atom is -0.394 e. The van der Waals surface area contributed by atoms with Crippen molar-refractivity contribution in [2.45, 2.75) is 11.1 Å². The summed E-state index contributed by atoms with van der Waals surface area (Å²) in [6.07, 6.45) is 0. The highest BCUT2D eigenvalue weighted by Gasteiger charge is 2.17. The van der Waals surface area contributed by atoms with Crippen molar-refractivity contribution in [3.8, 4) is 0 Å². The zero-order chi connectivity index (χ0) is 12.9. The van der Waals surface area contributed by atoms with Crippen molar-refractivity contribution in [1.29, 1.82) is 0 Å². The number of aryl methyl sites for hydroxylation is 1. The quantitative estimate of drug-likeness (QED) is 0.727. The number of halogens is 1. The molecule has 0 radical (unpaired) electrons. The van der Waals surface area contributed by atoms with Gasteiger partial charge in [0.1, 0.15) is 4.21 Å². The number of sulfonamides is 1. The lowest BCUT2D eigenvalue weighted by molar-refractivity contribution is 0.0961. The molecule has 0 aromatic carbocycles. The van der Waals surface area contributed by atoms with E-state index in [4.69, 9.17) is 9.84 Å². The molecule has 17 heavy (non-hydrogen) atoms. The second-order valence-electron chi connectivity index (χ2n) is 3.26.